The first-order chi connectivity index (χ1) is 18.0. The van der Waals surface area contributed by atoms with E-state index in [1.165, 1.54) is 31.5 Å². The van der Waals surface area contributed by atoms with Gasteiger partial charge in [-0.25, -0.2) is 9.67 Å². The predicted molar refractivity (Wildman–Crippen MR) is 137 cm³/mol. The van der Waals surface area contributed by atoms with E-state index in [-0.39, 0.29) is 39.8 Å². The molecule has 2 amide bonds. The lowest BCUT2D eigenvalue weighted by molar-refractivity contribution is -0.141. The molecule has 38 heavy (non-hydrogen) atoms. The minimum absolute atomic E-state index is 0.00276. The van der Waals surface area contributed by atoms with Crippen LogP contribution in [0.1, 0.15) is 33.5 Å². The van der Waals surface area contributed by atoms with Crippen molar-refractivity contribution in [3.8, 4) is 5.82 Å². The second-order valence-electron chi connectivity index (χ2n) is 8.25. The summed E-state index contributed by atoms with van der Waals surface area (Å²) in [6.07, 6.45) is -3.56. The van der Waals surface area contributed by atoms with Crippen molar-refractivity contribution in [3.63, 3.8) is 0 Å². The zero-order valence-electron chi connectivity index (χ0n) is 19.9. The Kier molecular flexibility index (Phi) is 7.91. The summed E-state index contributed by atoms with van der Waals surface area (Å²) in [5.41, 5.74) is -1.95. The molecule has 8 nitrogen and oxygen atoms in total. The van der Waals surface area contributed by atoms with Gasteiger partial charge in [-0.2, -0.15) is 18.3 Å². The predicted octanol–water partition coefficient (Wildman–Crippen LogP) is 5.76. The Hall–Kier alpha value is -3.67. The van der Waals surface area contributed by atoms with E-state index < -0.39 is 29.4 Å². The number of ether oxygens (including phenoxy) is 1. The summed E-state index contributed by atoms with van der Waals surface area (Å²) in [7, 11) is 1.48. The molecule has 0 fully saturated rings. The highest BCUT2D eigenvalue weighted by Crippen LogP contribution is 2.36. The van der Waals surface area contributed by atoms with Gasteiger partial charge >= 0.3 is 6.18 Å². The van der Waals surface area contributed by atoms with Gasteiger partial charge in [0.15, 0.2) is 11.5 Å². The molecule has 4 aromatic rings. The molecule has 0 aliphatic carbocycles. The van der Waals surface area contributed by atoms with Gasteiger partial charge in [-0.15, -0.1) is 0 Å². The minimum Gasteiger partial charge on any atom is -0.383 e. The van der Waals surface area contributed by atoms with Gasteiger partial charge in [0.1, 0.15) is 5.69 Å². The quantitative estimate of drug-likeness (QED) is 0.297. The molecule has 0 spiro atoms. The molecule has 0 saturated heterocycles. The third-order valence-corrected chi connectivity index (χ3v) is 6.12. The number of carbonyl (C=O) groups is 2. The topological polar surface area (TPSA) is 98.1 Å². The number of amides is 2. The number of alkyl halides is 3. The van der Waals surface area contributed by atoms with Crippen LogP contribution in [0.5, 0.6) is 0 Å². The molecular weight excluding hydrogens is 546 g/mol. The molecule has 2 N–H and O–H groups in total. The van der Waals surface area contributed by atoms with E-state index in [1.807, 2.05) is 0 Å². The Morgan fingerprint density at radius 1 is 1.11 bits per heavy atom. The Balaban J connectivity index is 1.83. The third kappa shape index (κ3) is 5.59. The summed E-state index contributed by atoms with van der Waals surface area (Å²) >= 11 is 12.8. The fourth-order valence-corrected chi connectivity index (χ4v) is 4.27. The summed E-state index contributed by atoms with van der Waals surface area (Å²) in [6.45, 7) is 1.94. The smallest absolute Gasteiger partial charge is 0.383 e. The number of fused-ring (bicyclic) bond motifs is 1. The summed E-state index contributed by atoms with van der Waals surface area (Å²) in [6, 6.07) is 11.5. The van der Waals surface area contributed by atoms with Gasteiger partial charge in [0.25, 0.3) is 11.8 Å². The molecule has 2 aromatic heterocycles. The number of hydrogen-bond donors (Lipinski definition) is 2. The number of benzene rings is 2. The number of halogens is 5. The average Bonchev–Trinajstić information content (AvgIpc) is 3.32. The van der Waals surface area contributed by atoms with Crippen LogP contribution < -0.4 is 10.6 Å². The highest BCUT2D eigenvalue weighted by atomic mass is 35.5. The molecule has 0 aliphatic heterocycles. The van der Waals surface area contributed by atoms with Gasteiger partial charge in [-0.3, -0.25) is 9.59 Å². The molecule has 0 aliphatic rings. The lowest BCUT2D eigenvalue weighted by Crippen LogP contribution is -2.36. The number of hydrogen-bond acceptors (Lipinski definition) is 5. The van der Waals surface area contributed by atoms with Gasteiger partial charge in [0.2, 0.25) is 0 Å². The van der Waals surface area contributed by atoms with Crippen LogP contribution in [-0.2, 0) is 10.9 Å². The molecule has 2 aromatic carbocycles. The standard InChI is InChI=1S/C25H20Cl2F3N5O3/c1-13(12-38-2)32-23(36)16-10-14-6-3-4-7-15(14)20(27)21(16)33-24(37)18-11-19(25(28,29)30)34-35(18)22-17(26)8-5-9-31-22/h3-11,13H,12H2,1-2H3,(H,32,36)(H,33,37). The highest BCUT2D eigenvalue weighted by molar-refractivity contribution is 6.40. The van der Waals surface area contributed by atoms with Crippen molar-refractivity contribution in [1.29, 1.82) is 0 Å². The molecule has 4 rings (SSSR count). The van der Waals surface area contributed by atoms with Gasteiger partial charge in [0.05, 0.1) is 27.9 Å². The monoisotopic (exact) mass is 565 g/mol. The zero-order chi connectivity index (χ0) is 27.6. The second kappa shape index (κ2) is 11.0. The first-order valence-corrected chi connectivity index (χ1v) is 11.9. The summed E-state index contributed by atoms with van der Waals surface area (Å²) in [5.74, 6) is -1.79. The molecule has 1 unspecified atom stereocenters. The summed E-state index contributed by atoms with van der Waals surface area (Å²) < 4.78 is 46.3. The van der Waals surface area contributed by atoms with Crippen LogP contribution in [0.4, 0.5) is 18.9 Å². The number of rotatable bonds is 7. The number of pyridine rings is 1. The minimum atomic E-state index is -4.86. The largest absolute Gasteiger partial charge is 0.435 e. The number of aromatic nitrogens is 3. The highest BCUT2D eigenvalue weighted by Gasteiger charge is 2.37. The van der Waals surface area contributed by atoms with E-state index >= 15 is 0 Å². The molecule has 0 radical (unpaired) electrons. The van der Waals surface area contributed by atoms with Crippen molar-refractivity contribution in [3.05, 3.63) is 81.7 Å². The van der Waals surface area contributed by atoms with E-state index in [9.17, 15) is 22.8 Å². The van der Waals surface area contributed by atoms with Gasteiger partial charge in [0, 0.05) is 30.8 Å². The van der Waals surface area contributed by atoms with Crippen LogP contribution in [0.15, 0.2) is 54.7 Å². The van der Waals surface area contributed by atoms with Gasteiger partial charge < -0.3 is 15.4 Å². The van der Waals surface area contributed by atoms with E-state index in [0.29, 0.717) is 21.5 Å². The SMILES string of the molecule is COCC(C)NC(=O)c1cc2ccccc2c(Cl)c1NC(=O)c1cc(C(F)(F)F)nn1-c1ncccc1Cl. The molecule has 1 atom stereocenters. The molecule has 198 valence electrons. The third-order valence-electron chi connectivity index (χ3n) is 5.44. The fraction of sp³-hybridized carbons (Fsp3) is 0.200. The first kappa shape index (κ1) is 27.4. The molecule has 13 heteroatoms. The normalized spacial score (nSPS) is 12.4. The van der Waals surface area contributed by atoms with Crippen molar-refractivity contribution >= 4 is 51.5 Å². The van der Waals surface area contributed by atoms with Crippen LogP contribution in [0.25, 0.3) is 16.6 Å². The van der Waals surface area contributed by atoms with Gasteiger partial charge in [-0.05, 0) is 30.5 Å². The van der Waals surface area contributed by atoms with E-state index in [2.05, 4.69) is 20.7 Å². The van der Waals surface area contributed by atoms with Crippen LogP contribution in [-0.4, -0.2) is 46.3 Å². The van der Waals surface area contributed by atoms with Crippen LogP contribution >= 0.6 is 23.2 Å². The lowest BCUT2D eigenvalue weighted by atomic mass is 10.0. The Bertz CT molecular complexity index is 1520. The second-order valence-corrected chi connectivity index (χ2v) is 9.04. The maximum atomic E-state index is 13.5. The zero-order valence-corrected chi connectivity index (χ0v) is 21.4. The van der Waals surface area contributed by atoms with E-state index in [4.69, 9.17) is 27.9 Å². The van der Waals surface area contributed by atoms with E-state index in [1.54, 1.807) is 31.2 Å². The van der Waals surface area contributed by atoms with Crippen molar-refractivity contribution in [2.75, 3.05) is 19.0 Å². The summed E-state index contributed by atoms with van der Waals surface area (Å²) in [5, 5.41) is 9.90. The van der Waals surface area contributed by atoms with Gasteiger partial charge in [-0.1, -0.05) is 47.5 Å². The molecule has 2 heterocycles. The summed E-state index contributed by atoms with van der Waals surface area (Å²) in [4.78, 5) is 30.6. The Labute approximate surface area is 224 Å². The van der Waals surface area contributed by atoms with Crippen LogP contribution in [0, 0.1) is 0 Å². The maximum absolute atomic E-state index is 13.5. The number of carbonyl (C=O) groups excluding carboxylic acids is 2. The van der Waals surface area contributed by atoms with Crippen LogP contribution in [0.2, 0.25) is 10.0 Å². The Morgan fingerprint density at radius 3 is 2.53 bits per heavy atom. The molecular formula is C25H20Cl2F3N5O3. The van der Waals surface area contributed by atoms with Crippen molar-refractivity contribution in [1.82, 2.24) is 20.1 Å². The number of nitrogens with zero attached hydrogens (tertiary/aromatic N) is 3. The van der Waals surface area contributed by atoms with Crippen LogP contribution in [0.3, 0.4) is 0 Å². The van der Waals surface area contributed by atoms with Crippen molar-refractivity contribution in [2.45, 2.75) is 19.1 Å². The number of anilines is 1. The van der Waals surface area contributed by atoms with E-state index in [0.717, 1.165) is 0 Å². The number of methoxy groups -OCH3 is 1. The molecule has 0 saturated carbocycles. The molecule has 0 bridgehead atoms. The van der Waals surface area contributed by atoms with Crippen molar-refractivity contribution < 1.29 is 27.5 Å². The first-order valence-electron chi connectivity index (χ1n) is 11.1. The van der Waals surface area contributed by atoms with Crippen molar-refractivity contribution in [2.24, 2.45) is 0 Å². The Morgan fingerprint density at radius 2 is 1.84 bits per heavy atom. The maximum Gasteiger partial charge on any atom is 0.435 e. The fourth-order valence-electron chi connectivity index (χ4n) is 3.75. The average molecular weight is 566 g/mol. The lowest BCUT2D eigenvalue weighted by Gasteiger charge is -2.18. The number of nitrogens with one attached hydrogen (secondary N) is 2.